The van der Waals surface area contributed by atoms with Gasteiger partial charge in [0.1, 0.15) is 0 Å². The Kier molecular flexibility index (Phi) is 47.3. The van der Waals surface area contributed by atoms with Crippen molar-refractivity contribution in [2.45, 2.75) is 80.1 Å². The van der Waals surface area contributed by atoms with Gasteiger partial charge in [-0.25, -0.2) is 0 Å². The molecule has 0 amide bonds. The van der Waals surface area contributed by atoms with Gasteiger partial charge in [-0.2, -0.15) is 0 Å². The fourth-order valence-electron chi connectivity index (χ4n) is 4.79. The molecular weight excluding hydrogens is 721 g/mol. The van der Waals surface area contributed by atoms with Gasteiger partial charge in [-0.05, 0) is 113 Å². The van der Waals surface area contributed by atoms with Gasteiger partial charge in [0, 0.05) is 0 Å². The Morgan fingerprint density at radius 3 is 0.583 bits per heavy atom. The van der Waals surface area contributed by atoms with Crippen LogP contribution in [-0.4, -0.2) is 0 Å². The Balaban J connectivity index is -0.000000678. The summed E-state index contributed by atoms with van der Waals surface area (Å²) in [7, 11) is 0. The standard InChI is InChI=1S/C15H16.C14H14.C13H12.6C3H6/c1-3-8-14(9-4-1)12-7-13-15-10-5-2-6-11-15;1-3-7-13(8-4-1)11-12-14-9-5-2-6-10-14;1-3-7-12(8-4-1)11-13-9-5-2-6-10-13;6*1-3-2/h1-6,8-11H,7,12-13H2;1-10H,11-12H2;1-10H,11H2;6*3H,1H2,2H3. The third kappa shape index (κ3) is 41.4. The van der Waals surface area contributed by atoms with Crippen LogP contribution in [0.2, 0.25) is 0 Å². The van der Waals surface area contributed by atoms with Crippen LogP contribution >= 0.6 is 0 Å². The number of allylic oxidation sites excluding steroid dienone is 6. The molecule has 318 valence electrons. The summed E-state index contributed by atoms with van der Waals surface area (Å²) >= 11 is 0. The van der Waals surface area contributed by atoms with Crippen LogP contribution in [0.4, 0.5) is 0 Å². The molecule has 0 nitrogen and oxygen atoms in total. The molecule has 0 aromatic heterocycles. The highest BCUT2D eigenvalue weighted by atomic mass is 14.0. The number of aryl methyl sites for hydroxylation is 4. The van der Waals surface area contributed by atoms with Gasteiger partial charge in [0.25, 0.3) is 0 Å². The van der Waals surface area contributed by atoms with Crippen LogP contribution in [0.1, 0.15) is 81.3 Å². The SMILES string of the molecule is C=CC.C=CC.C=CC.C=CC.C=CC.C=CC.c1ccc(CCCc2ccccc2)cc1.c1ccc(CCc2ccccc2)cc1.c1ccc(Cc2ccccc2)cc1. The minimum absolute atomic E-state index is 1.03. The highest BCUT2D eigenvalue weighted by Gasteiger charge is 1.95. The first-order chi connectivity index (χ1) is 29.3. The number of benzene rings is 6. The van der Waals surface area contributed by atoms with Gasteiger partial charge in [0.2, 0.25) is 0 Å². The molecule has 6 aromatic carbocycles. The van der Waals surface area contributed by atoms with Crippen LogP contribution in [0.25, 0.3) is 0 Å². The van der Waals surface area contributed by atoms with E-state index in [1.807, 2.05) is 41.5 Å². The fraction of sp³-hybridized carbons (Fsp3) is 0.200. The highest BCUT2D eigenvalue weighted by molar-refractivity contribution is 5.25. The summed E-state index contributed by atoms with van der Waals surface area (Å²) in [5, 5.41) is 0. The molecular formula is C60H78. The second-order valence-electron chi connectivity index (χ2n) is 12.9. The van der Waals surface area contributed by atoms with E-state index in [4.69, 9.17) is 0 Å². The molecule has 0 heterocycles. The van der Waals surface area contributed by atoms with E-state index in [-0.39, 0.29) is 0 Å². The van der Waals surface area contributed by atoms with Gasteiger partial charge >= 0.3 is 0 Å². The second-order valence-corrected chi connectivity index (χ2v) is 12.9. The highest BCUT2D eigenvalue weighted by Crippen LogP contribution is 2.09. The molecule has 0 aliphatic rings. The van der Waals surface area contributed by atoms with Crippen LogP contribution in [0.15, 0.2) is 258 Å². The normalized spacial score (nSPS) is 8.30. The molecule has 0 saturated heterocycles. The maximum absolute atomic E-state index is 3.36. The summed E-state index contributed by atoms with van der Waals surface area (Å²) in [6.45, 7) is 31.5. The van der Waals surface area contributed by atoms with Gasteiger partial charge in [-0.3, -0.25) is 0 Å². The summed E-state index contributed by atoms with van der Waals surface area (Å²) < 4.78 is 0. The van der Waals surface area contributed by atoms with Crippen LogP contribution < -0.4 is 0 Å². The molecule has 60 heavy (non-hydrogen) atoms. The first kappa shape index (κ1) is 58.1. The summed E-state index contributed by atoms with van der Waals surface area (Å²) in [6, 6.07) is 63.7. The van der Waals surface area contributed by atoms with Crippen LogP contribution in [0.5, 0.6) is 0 Å². The average Bonchev–Trinajstić information content (AvgIpc) is 3.27. The van der Waals surface area contributed by atoms with E-state index in [2.05, 4.69) is 221 Å². The smallest absolute Gasteiger partial charge is 0.00258 e. The topological polar surface area (TPSA) is 0 Å². The third-order valence-corrected chi connectivity index (χ3v) is 7.10. The molecule has 6 rings (SSSR count). The Labute approximate surface area is 369 Å². The molecule has 0 aliphatic carbocycles. The lowest BCUT2D eigenvalue weighted by Crippen LogP contribution is -1.89. The van der Waals surface area contributed by atoms with Crippen molar-refractivity contribution in [2.75, 3.05) is 0 Å². The molecule has 0 bridgehead atoms. The molecule has 0 spiro atoms. The average molecular weight is 799 g/mol. The van der Waals surface area contributed by atoms with Crippen molar-refractivity contribution in [2.24, 2.45) is 0 Å². The quantitative estimate of drug-likeness (QED) is 0.128. The molecule has 0 atom stereocenters. The van der Waals surface area contributed by atoms with E-state index in [0.29, 0.717) is 0 Å². The van der Waals surface area contributed by atoms with E-state index in [1.165, 1.54) is 52.6 Å². The van der Waals surface area contributed by atoms with Gasteiger partial charge in [-0.1, -0.05) is 218 Å². The van der Waals surface area contributed by atoms with Crippen molar-refractivity contribution in [3.05, 3.63) is 291 Å². The van der Waals surface area contributed by atoms with Crippen LogP contribution in [0, 0.1) is 0 Å². The molecule has 6 aromatic rings. The molecule has 0 radical (unpaired) electrons. The van der Waals surface area contributed by atoms with Crippen molar-refractivity contribution >= 4 is 0 Å². The van der Waals surface area contributed by atoms with Crippen LogP contribution in [0.3, 0.4) is 0 Å². The molecule has 0 aliphatic heterocycles. The zero-order chi connectivity index (χ0) is 45.2. The van der Waals surface area contributed by atoms with E-state index >= 15 is 0 Å². The van der Waals surface area contributed by atoms with Crippen molar-refractivity contribution in [1.29, 1.82) is 0 Å². The lowest BCUT2D eigenvalue weighted by Gasteiger charge is -2.01. The lowest BCUT2D eigenvalue weighted by atomic mass is 10.0. The molecule has 0 fully saturated rings. The summed E-state index contributed by atoms with van der Waals surface area (Å²) in [5.74, 6) is 0. The summed E-state index contributed by atoms with van der Waals surface area (Å²) in [4.78, 5) is 0. The van der Waals surface area contributed by atoms with Crippen molar-refractivity contribution < 1.29 is 0 Å². The first-order valence-corrected chi connectivity index (χ1v) is 21.0. The Morgan fingerprint density at radius 2 is 0.400 bits per heavy atom. The molecule has 0 heteroatoms. The summed E-state index contributed by atoms with van der Waals surface area (Å²) in [5.41, 5.74) is 8.44. The van der Waals surface area contributed by atoms with Gasteiger partial charge in [0.05, 0.1) is 0 Å². The third-order valence-electron chi connectivity index (χ3n) is 7.10. The number of hydrogen-bond acceptors (Lipinski definition) is 0. The lowest BCUT2D eigenvalue weighted by molar-refractivity contribution is 0.821. The van der Waals surface area contributed by atoms with Crippen molar-refractivity contribution in [3.63, 3.8) is 0 Å². The Bertz CT molecular complexity index is 1590. The van der Waals surface area contributed by atoms with Crippen LogP contribution in [-0.2, 0) is 32.1 Å². The van der Waals surface area contributed by atoms with Gasteiger partial charge < -0.3 is 0 Å². The first-order valence-electron chi connectivity index (χ1n) is 21.0. The summed E-state index contributed by atoms with van der Waals surface area (Å²) in [6.07, 6.45) is 17.4. The zero-order valence-corrected chi connectivity index (χ0v) is 38.3. The number of rotatable bonds is 9. The van der Waals surface area contributed by atoms with E-state index < -0.39 is 0 Å². The molecule has 0 unspecified atom stereocenters. The minimum atomic E-state index is 1.03. The largest absolute Gasteiger partial charge is 0.103 e. The maximum atomic E-state index is 3.36. The Morgan fingerprint density at radius 1 is 0.250 bits per heavy atom. The van der Waals surface area contributed by atoms with Gasteiger partial charge in [-0.15, -0.1) is 39.5 Å². The zero-order valence-electron chi connectivity index (χ0n) is 38.3. The fourth-order valence-corrected chi connectivity index (χ4v) is 4.79. The van der Waals surface area contributed by atoms with Crippen molar-refractivity contribution in [3.8, 4) is 0 Å². The van der Waals surface area contributed by atoms with E-state index in [0.717, 1.165) is 19.3 Å². The molecule has 0 saturated carbocycles. The molecule has 0 N–H and O–H groups in total. The maximum Gasteiger partial charge on any atom is -0.00258 e. The monoisotopic (exact) mass is 799 g/mol. The predicted molar refractivity (Wildman–Crippen MR) is 276 cm³/mol. The Hall–Kier alpha value is -6.24. The van der Waals surface area contributed by atoms with E-state index in [1.54, 1.807) is 36.5 Å². The number of hydrogen-bond donors (Lipinski definition) is 0. The predicted octanol–water partition coefficient (Wildman–Crippen LogP) is 17.8. The second kappa shape index (κ2) is 48.9. The van der Waals surface area contributed by atoms with E-state index in [9.17, 15) is 0 Å². The van der Waals surface area contributed by atoms with Gasteiger partial charge in [0.15, 0.2) is 0 Å². The van der Waals surface area contributed by atoms with Crippen molar-refractivity contribution in [1.82, 2.24) is 0 Å². The minimum Gasteiger partial charge on any atom is -0.103 e.